The summed E-state index contributed by atoms with van der Waals surface area (Å²) in [5, 5.41) is 2.00. The number of nitrogens with zero attached hydrogens (tertiary/aromatic N) is 1. The van der Waals surface area contributed by atoms with Crippen molar-refractivity contribution in [3.63, 3.8) is 0 Å². The summed E-state index contributed by atoms with van der Waals surface area (Å²) in [6, 6.07) is 6.90. The van der Waals surface area contributed by atoms with Gasteiger partial charge in [0, 0.05) is 10.9 Å². The normalized spacial score (nSPS) is 10.1. The molecule has 0 atom stereocenters. The summed E-state index contributed by atoms with van der Waals surface area (Å²) in [4.78, 5) is 26.6. The van der Waals surface area contributed by atoms with Crippen molar-refractivity contribution in [1.82, 2.24) is 10.4 Å². The molecule has 0 aliphatic heterocycles. The Morgan fingerprint density at radius 3 is 2.95 bits per heavy atom. The van der Waals surface area contributed by atoms with Gasteiger partial charge in [-0.1, -0.05) is 12.1 Å². The van der Waals surface area contributed by atoms with Crippen molar-refractivity contribution in [2.24, 2.45) is 5.84 Å². The molecule has 0 fully saturated rings. The topological polar surface area (TPSA) is 94.3 Å². The first kappa shape index (κ1) is 14.2. The maximum Gasteiger partial charge on any atom is 0.294 e. The van der Waals surface area contributed by atoms with Gasteiger partial charge in [0.2, 0.25) is 0 Å². The number of Topliss-reactive ketones (excluding diaryl/α,β-unsaturated/α-hetero) is 1. The number of ether oxygens (including phenoxy) is 1. The molecule has 0 saturated heterocycles. The number of thiazole rings is 1. The third kappa shape index (κ3) is 3.40. The van der Waals surface area contributed by atoms with E-state index in [-0.39, 0.29) is 17.4 Å². The predicted octanol–water partition coefficient (Wildman–Crippen LogP) is 1.53. The second-order valence-electron chi connectivity index (χ2n) is 3.99. The van der Waals surface area contributed by atoms with Crippen LogP contribution in [0, 0.1) is 0 Å². The van der Waals surface area contributed by atoms with Crippen LogP contribution >= 0.6 is 11.3 Å². The Morgan fingerprint density at radius 2 is 2.25 bits per heavy atom. The molecule has 1 aromatic carbocycles. The zero-order valence-corrected chi connectivity index (χ0v) is 11.6. The first-order valence-electron chi connectivity index (χ1n) is 5.79. The number of benzene rings is 1. The lowest BCUT2D eigenvalue weighted by Gasteiger charge is -2.05. The number of ketones is 1. The van der Waals surface area contributed by atoms with Crippen LogP contribution in [-0.4, -0.2) is 16.7 Å². The molecule has 3 N–H and O–H groups in total. The molecule has 0 unspecified atom stereocenters. The van der Waals surface area contributed by atoms with Crippen molar-refractivity contribution >= 4 is 23.0 Å². The van der Waals surface area contributed by atoms with Gasteiger partial charge in [0.05, 0.1) is 5.69 Å². The highest BCUT2D eigenvalue weighted by atomic mass is 32.1. The van der Waals surface area contributed by atoms with Crippen molar-refractivity contribution in [2.75, 3.05) is 0 Å². The number of nitrogen functional groups attached to an aromatic ring is 1. The molecule has 1 aromatic heterocycles. The number of rotatable bonds is 5. The first-order chi connectivity index (χ1) is 9.60. The van der Waals surface area contributed by atoms with Gasteiger partial charge in [0.25, 0.3) is 5.91 Å². The largest absolute Gasteiger partial charge is 0.487 e. The molecule has 2 rings (SSSR count). The fourth-order valence-electron chi connectivity index (χ4n) is 1.50. The molecule has 0 aliphatic rings. The van der Waals surface area contributed by atoms with E-state index in [1.54, 1.807) is 29.6 Å². The molecule has 0 radical (unpaired) electrons. The van der Waals surface area contributed by atoms with E-state index in [4.69, 9.17) is 10.6 Å². The molecule has 20 heavy (non-hydrogen) atoms. The third-order valence-electron chi connectivity index (χ3n) is 2.50. The van der Waals surface area contributed by atoms with E-state index in [0.29, 0.717) is 17.0 Å². The Balaban J connectivity index is 2.01. The Morgan fingerprint density at radius 1 is 1.45 bits per heavy atom. The van der Waals surface area contributed by atoms with Crippen LogP contribution in [0.1, 0.15) is 32.8 Å². The van der Waals surface area contributed by atoms with Crippen molar-refractivity contribution in [1.29, 1.82) is 0 Å². The lowest BCUT2D eigenvalue weighted by Crippen LogP contribution is -2.29. The third-order valence-corrected chi connectivity index (χ3v) is 3.39. The van der Waals surface area contributed by atoms with Gasteiger partial charge in [0.1, 0.15) is 12.4 Å². The number of hydrazine groups is 1. The molecule has 1 amide bonds. The van der Waals surface area contributed by atoms with Gasteiger partial charge < -0.3 is 4.74 Å². The lowest BCUT2D eigenvalue weighted by molar-refractivity contribution is 0.0952. The molecule has 0 saturated carbocycles. The highest BCUT2D eigenvalue weighted by Crippen LogP contribution is 2.16. The number of carbonyl (C=O) groups is 2. The van der Waals surface area contributed by atoms with Crippen LogP contribution in [0.5, 0.6) is 5.75 Å². The minimum Gasteiger partial charge on any atom is -0.487 e. The van der Waals surface area contributed by atoms with Crippen LogP contribution in [0.4, 0.5) is 0 Å². The molecule has 2 aromatic rings. The number of nitrogens with two attached hydrogens (primary N) is 1. The average Bonchev–Trinajstić information content (AvgIpc) is 2.93. The van der Waals surface area contributed by atoms with Crippen molar-refractivity contribution < 1.29 is 14.3 Å². The number of hydrogen-bond donors (Lipinski definition) is 2. The number of aromatic nitrogens is 1. The van der Waals surface area contributed by atoms with Gasteiger partial charge in [-0.3, -0.25) is 15.0 Å². The first-order valence-corrected chi connectivity index (χ1v) is 6.67. The standard InChI is InChI=1S/C13H13N3O3S/c1-8(17)9-3-2-4-11(5-9)19-6-10-7-20-13(15-10)12(18)16-14/h2-5,7H,6,14H2,1H3,(H,16,18). The Labute approximate surface area is 119 Å². The zero-order valence-electron chi connectivity index (χ0n) is 10.8. The van der Waals surface area contributed by atoms with E-state index in [2.05, 4.69) is 4.98 Å². The molecule has 0 bridgehead atoms. The summed E-state index contributed by atoms with van der Waals surface area (Å²) >= 11 is 1.19. The second kappa shape index (κ2) is 6.27. The highest BCUT2D eigenvalue weighted by molar-refractivity contribution is 7.11. The number of hydrogen-bond acceptors (Lipinski definition) is 6. The Hall–Kier alpha value is -2.25. The van der Waals surface area contributed by atoms with Crippen molar-refractivity contribution in [3.05, 3.63) is 45.9 Å². The highest BCUT2D eigenvalue weighted by Gasteiger charge is 2.10. The van der Waals surface area contributed by atoms with E-state index >= 15 is 0 Å². The van der Waals surface area contributed by atoms with Crippen LogP contribution in [0.2, 0.25) is 0 Å². The second-order valence-corrected chi connectivity index (χ2v) is 4.85. The maximum absolute atomic E-state index is 11.3. The van der Waals surface area contributed by atoms with Gasteiger partial charge in [0.15, 0.2) is 10.8 Å². The molecular formula is C13H13N3O3S. The van der Waals surface area contributed by atoms with Crippen LogP contribution in [-0.2, 0) is 6.61 Å². The monoisotopic (exact) mass is 291 g/mol. The summed E-state index contributed by atoms with van der Waals surface area (Å²) in [7, 11) is 0. The summed E-state index contributed by atoms with van der Waals surface area (Å²) < 4.78 is 5.54. The molecule has 104 valence electrons. The molecular weight excluding hydrogens is 278 g/mol. The summed E-state index contributed by atoms with van der Waals surface area (Å²) in [6.07, 6.45) is 0. The zero-order chi connectivity index (χ0) is 14.5. The fraction of sp³-hybridized carbons (Fsp3) is 0.154. The van der Waals surface area contributed by atoms with Crippen LogP contribution < -0.4 is 16.0 Å². The van der Waals surface area contributed by atoms with E-state index in [1.165, 1.54) is 18.3 Å². The van der Waals surface area contributed by atoms with E-state index in [1.807, 2.05) is 5.43 Å². The van der Waals surface area contributed by atoms with Gasteiger partial charge in [-0.2, -0.15) is 0 Å². The molecule has 0 spiro atoms. The van der Waals surface area contributed by atoms with Crippen molar-refractivity contribution in [3.8, 4) is 5.75 Å². The summed E-state index contributed by atoms with van der Waals surface area (Å²) in [5.74, 6) is 5.15. The van der Waals surface area contributed by atoms with Crippen LogP contribution in [0.15, 0.2) is 29.6 Å². The lowest BCUT2D eigenvalue weighted by atomic mass is 10.1. The molecule has 0 aliphatic carbocycles. The van der Waals surface area contributed by atoms with Crippen LogP contribution in [0.3, 0.4) is 0 Å². The Bertz CT molecular complexity index is 639. The quantitative estimate of drug-likeness (QED) is 0.377. The predicted molar refractivity (Wildman–Crippen MR) is 74.5 cm³/mol. The van der Waals surface area contributed by atoms with Gasteiger partial charge in [-0.05, 0) is 19.1 Å². The number of nitrogens with one attached hydrogen (secondary N) is 1. The van der Waals surface area contributed by atoms with E-state index < -0.39 is 5.91 Å². The summed E-state index contributed by atoms with van der Waals surface area (Å²) in [5.41, 5.74) is 3.23. The SMILES string of the molecule is CC(=O)c1cccc(OCc2csc(C(=O)NN)n2)c1. The van der Waals surface area contributed by atoms with E-state index in [9.17, 15) is 9.59 Å². The smallest absolute Gasteiger partial charge is 0.294 e. The maximum atomic E-state index is 11.3. The Kier molecular flexibility index (Phi) is 4.44. The van der Waals surface area contributed by atoms with Gasteiger partial charge >= 0.3 is 0 Å². The minimum atomic E-state index is -0.431. The van der Waals surface area contributed by atoms with Crippen LogP contribution in [0.25, 0.3) is 0 Å². The molecule has 7 heteroatoms. The molecule has 6 nitrogen and oxygen atoms in total. The van der Waals surface area contributed by atoms with E-state index in [0.717, 1.165) is 0 Å². The van der Waals surface area contributed by atoms with Gasteiger partial charge in [-0.25, -0.2) is 10.8 Å². The number of carbonyl (C=O) groups excluding carboxylic acids is 2. The minimum absolute atomic E-state index is 0.0222. The molecule has 1 heterocycles. The number of amides is 1. The summed E-state index contributed by atoms with van der Waals surface area (Å²) in [6.45, 7) is 1.72. The van der Waals surface area contributed by atoms with Gasteiger partial charge in [-0.15, -0.1) is 11.3 Å². The average molecular weight is 291 g/mol. The van der Waals surface area contributed by atoms with Crippen molar-refractivity contribution in [2.45, 2.75) is 13.5 Å². The fourth-order valence-corrected chi connectivity index (χ4v) is 2.21.